The van der Waals surface area contributed by atoms with Gasteiger partial charge in [0, 0.05) is 27.6 Å². The molecule has 8 heteroatoms. The molecule has 1 aliphatic rings. The molecule has 4 aromatic rings. The summed E-state index contributed by atoms with van der Waals surface area (Å²) in [6.07, 6.45) is 3.18. The molecule has 204 valence electrons. The van der Waals surface area contributed by atoms with Gasteiger partial charge in [-0.2, -0.15) is 5.26 Å². The first-order valence-electron chi connectivity index (χ1n) is 13.2. The van der Waals surface area contributed by atoms with Crippen molar-refractivity contribution in [2.75, 3.05) is 6.61 Å². The Morgan fingerprint density at radius 1 is 1.10 bits per heavy atom. The number of nitrogens with two attached hydrogens (primary N) is 1. The maximum absolute atomic E-state index is 13.1. The molecule has 40 heavy (non-hydrogen) atoms. The van der Waals surface area contributed by atoms with Gasteiger partial charge in [-0.05, 0) is 61.7 Å². The van der Waals surface area contributed by atoms with Gasteiger partial charge in [0.25, 0.3) is 0 Å². The zero-order chi connectivity index (χ0) is 28.4. The van der Waals surface area contributed by atoms with Crippen LogP contribution in [0.1, 0.15) is 64.9 Å². The van der Waals surface area contributed by atoms with Crippen LogP contribution in [0.5, 0.6) is 17.2 Å². The Labute approximate surface area is 237 Å². The highest BCUT2D eigenvalue weighted by Crippen LogP contribution is 2.44. The van der Waals surface area contributed by atoms with Crippen molar-refractivity contribution in [2.24, 2.45) is 5.73 Å². The molecule has 0 saturated heterocycles. The average Bonchev–Trinajstić information content (AvgIpc) is 3.25. The van der Waals surface area contributed by atoms with E-state index in [-0.39, 0.29) is 17.4 Å². The molecular weight excluding hydrogens is 528 g/mol. The van der Waals surface area contributed by atoms with Crippen molar-refractivity contribution < 1.29 is 23.4 Å². The van der Waals surface area contributed by atoms with Crippen molar-refractivity contribution in [3.8, 4) is 23.3 Å². The highest BCUT2D eigenvalue weighted by atomic mass is 35.5. The molecule has 3 aromatic carbocycles. The standard InChI is InChI=1S/C32H29ClN2O5/c1-4-5-6-12-37-21-9-7-8-20(14-21)29-23-11-10-22(15-28(23)40-31(35)25(29)17-34)38-32(36)30-19(3)24-16-26(33)18(2)13-27(24)39-30/h7-11,13-16,29H,4-6,12,35H2,1-3H3. The molecule has 5 rings (SSSR count). The van der Waals surface area contributed by atoms with E-state index < -0.39 is 11.9 Å². The number of nitriles is 1. The van der Waals surface area contributed by atoms with E-state index in [1.54, 1.807) is 37.3 Å². The zero-order valence-electron chi connectivity index (χ0n) is 22.5. The molecule has 7 nitrogen and oxygen atoms in total. The number of allylic oxidation sites excluding steroid dienone is 1. The fourth-order valence-corrected chi connectivity index (χ4v) is 5.02. The molecule has 1 aliphatic heterocycles. The summed E-state index contributed by atoms with van der Waals surface area (Å²) in [5, 5.41) is 11.3. The van der Waals surface area contributed by atoms with Crippen LogP contribution in [0.25, 0.3) is 11.0 Å². The van der Waals surface area contributed by atoms with Crippen molar-refractivity contribution in [1.29, 1.82) is 5.26 Å². The molecule has 0 radical (unpaired) electrons. The molecule has 1 unspecified atom stereocenters. The first-order chi connectivity index (χ1) is 19.3. The Morgan fingerprint density at radius 2 is 1.93 bits per heavy atom. The van der Waals surface area contributed by atoms with E-state index >= 15 is 0 Å². The number of benzene rings is 3. The van der Waals surface area contributed by atoms with Gasteiger partial charge in [0.2, 0.25) is 11.6 Å². The maximum atomic E-state index is 13.1. The van der Waals surface area contributed by atoms with Gasteiger partial charge in [0.05, 0.1) is 12.5 Å². The van der Waals surface area contributed by atoms with Gasteiger partial charge < -0.3 is 24.4 Å². The quantitative estimate of drug-likeness (QED) is 0.134. The van der Waals surface area contributed by atoms with Gasteiger partial charge in [-0.1, -0.05) is 49.6 Å². The number of hydrogen-bond acceptors (Lipinski definition) is 7. The third-order valence-corrected chi connectivity index (χ3v) is 7.42. The molecule has 0 spiro atoms. The monoisotopic (exact) mass is 556 g/mol. The van der Waals surface area contributed by atoms with Gasteiger partial charge in [-0.25, -0.2) is 4.79 Å². The SMILES string of the molecule is CCCCCOc1cccc(C2C(C#N)=C(N)Oc3cc(OC(=O)c4oc5cc(C)c(Cl)cc5c4C)ccc32)c1. The Kier molecular flexibility index (Phi) is 7.72. The number of esters is 1. The van der Waals surface area contributed by atoms with Crippen molar-refractivity contribution in [3.05, 3.63) is 99.1 Å². The Bertz CT molecular complexity index is 1680. The Balaban J connectivity index is 1.43. The number of unbranched alkanes of at least 4 members (excludes halogenated alkanes) is 2. The van der Waals surface area contributed by atoms with Crippen molar-refractivity contribution in [1.82, 2.24) is 0 Å². The van der Waals surface area contributed by atoms with E-state index in [2.05, 4.69) is 13.0 Å². The van der Waals surface area contributed by atoms with Crippen LogP contribution in [0.2, 0.25) is 5.02 Å². The van der Waals surface area contributed by atoms with Crippen LogP contribution >= 0.6 is 11.6 Å². The van der Waals surface area contributed by atoms with E-state index in [9.17, 15) is 10.1 Å². The predicted molar refractivity (Wildman–Crippen MR) is 153 cm³/mol. The van der Waals surface area contributed by atoms with E-state index in [1.807, 2.05) is 31.2 Å². The Morgan fingerprint density at radius 3 is 2.70 bits per heavy atom. The molecular formula is C32H29ClN2O5. The lowest BCUT2D eigenvalue weighted by Crippen LogP contribution is -2.21. The van der Waals surface area contributed by atoms with Crippen LogP contribution in [0.3, 0.4) is 0 Å². The largest absolute Gasteiger partial charge is 0.494 e. The number of rotatable bonds is 8. The van der Waals surface area contributed by atoms with Crippen molar-refractivity contribution in [2.45, 2.75) is 46.0 Å². The highest BCUT2D eigenvalue weighted by molar-refractivity contribution is 6.32. The smallest absolute Gasteiger partial charge is 0.379 e. The second-order valence-corrected chi connectivity index (χ2v) is 10.2. The summed E-state index contributed by atoms with van der Waals surface area (Å²) in [7, 11) is 0. The van der Waals surface area contributed by atoms with Crippen LogP contribution < -0.4 is 19.9 Å². The van der Waals surface area contributed by atoms with E-state index in [1.165, 1.54) is 0 Å². The number of fused-ring (bicyclic) bond motifs is 2. The summed E-state index contributed by atoms with van der Waals surface area (Å²) in [5.41, 5.74) is 10.1. The predicted octanol–water partition coefficient (Wildman–Crippen LogP) is 7.71. The number of halogens is 1. The number of carbonyl (C=O) groups excluding carboxylic acids is 1. The molecule has 2 N–H and O–H groups in total. The molecule has 0 bridgehead atoms. The highest BCUT2D eigenvalue weighted by Gasteiger charge is 2.31. The Hall–Kier alpha value is -4.41. The van der Waals surface area contributed by atoms with Crippen LogP contribution in [0.15, 0.2) is 70.5 Å². The second-order valence-electron chi connectivity index (χ2n) is 9.80. The number of furan rings is 1. The lowest BCUT2D eigenvalue weighted by molar-refractivity contribution is 0.0702. The fourth-order valence-electron chi connectivity index (χ4n) is 4.86. The summed E-state index contributed by atoms with van der Waals surface area (Å²) in [6, 6.07) is 18.4. The van der Waals surface area contributed by atoms with Gasteiger partial charge >= 0.3 is 5.97 Å². The van der Waals surface area contributed by atoms with Crippen molar-refractivity contribution in [3.63, 3.8) is 0 Å². The first-order valence-corrected chi connectivity index (χ1v) is 13.5. The van der Waals surface area contributed by atoms with E-state index in [4.69, 9.17) is 36.0 Å². The molecule has 0 amide bonds. The molecule has 0 fully saturated rings. The van der Waals surface area contributed by atoms with Crippen LogP contribution in [0, 0.1) is 25.2 Å². The number of ether oxygens (including phenoxy) is 3. The van der Waals surface area contributed by atoms with E-state index in [0.29, 0.717) is 34.1 Å². The molecule has 1 aromatic heterocycles. The third-order valence-electron chi connectivity index (χ3n) is 7.01. The molecule has 2 heterocycles. The summed E-state index contributed by atoms with van der Waals surface area (Å²) >= 11 is 6.26. The minimum Gasteiger partial charge on any atom is -0.494 e. The van der Waals surface area contributed by atoms with Gasteiger partial charge in [-0.15, -0.1) is 0 Å². The number of carbonyl (C=O) groups is 1. The first kappa shape index (κ1) is 27.2. The van der Waals surface area contributed by atoms with Gasteiger partial charge in [-0.3, -0.25) is 0 Å². The van der Waals surface area contributed by atoms with E-state index in [0.717, 1.165) is 47.1 Å². The minimum atomic E-state index is -0.649. The van der Waals surface area contributed by atoms with Crippen molar-refractivity contribution >= 4 is 28.5 Å². The second kappa shape index (κ2) is 11.4. The summed E-state index contributed by atoms with van der Waals surface area (Å²) < 4.78 is 23.2. The summed E-state index contributed by atoms with van der Waals surface area (Å²) in [6.45, 7) is 6.42. The van der Waals surface area contributed by atoms with Gasteiger partial charge in [0.15, 0.2) is 0 Å². The van der Waals surface area contributed by atoms with Gasteiger partial charge in [0.1, 0.15) is 34.5 Å². The lowest BCUT2D eigenvalue weighted by atomic mass is 9.83. The zero-order valence-corrected chi connectivity index (χ0v) is 23.3. The summed E-state index contributed by atoms with van der Waals surface area (Å²) in [5.74, 6) is 0.337. The molecule has 1 atom stereocenters. The number of nitrogens with zero attached hydrogens (tertiary/aromatic N) is 1. The van der Waals surface area contributed by atoms with Crippen LogP contribution in [-0.4, -0.2) is 12.6 Å². The minimum absolute atomic E-state index is 0.00174. The molecule has 0 saturated carbocycles. The van der Waals surface area contributed by atoms with Crippen LogP contribution in [0.4, 0.5) is 0 Å². The number of hydrogen-bond donors (Lipinski definition) is 1. The van der Waals surface area contributed by atoms with Crippen LogP contribution in [-0.2, 0) is 0 Å². The average molecular weight is 557 g/mol. The normalized spacial score (nSPS) is 14.4. The maximum Gasteiger partial charge on any atom is 0.379 e. The fraction of sp³-hybridized carbons (Fsp3) is 0.250. The number of aryl methyl sites for hydroxylation is 2. The molecule has 0 aliphatic carbocycles. The lowest BCUT2D eigenvalue weighted by Gasteiger charge is -2.27. The summed E-state index contributed by atoms with van der Waals surface area (Å²) in [4.78, 5) is 13.1. The third kappa shape index (κ3) is 5.23. The topological polar surface area (TPSA) is 108 Å².